The van der Waals surface area contributed by atoms with Crippen LogP contribution in [-0.4, -0.2) is 43.4 Å². The van der Waals surface area contributed by atoms with E-state index in [0.717, 1.165) is 42.3 Å². The highest BCUT2D eigenvalue weighted by Crippen LogP contribution is 2.37. The number of benzene rings is 3. The number of carbonyl (C=O) groups is 2. The van der Waals surface area contributed by atoms with E-state index in [0.29, 0.717) is 28.8 Å². The Bertz CT molecular complexity index is 1420. The molecule has 1 aromatic heterocycles. The quantitative estimate of drug-likeness (QED) is 0.233. The van der Waals surface area contributed by atoms with E-state index >= 15 is 0 Å². The van der Waals surface area contributed by atoms with Gasteiger partial charge in [0.25, 0.3) is 11.8 Å². The molecule has 1 aliphatic rings. The van der Waals surface area contributed by atoms with E-state index in [2.05, 4.69) is 31.0 Å². The molecule has 1 aliphatic heterocycles. The number of rotatable bonds is 9. The summed E-state index contributed by atoms with van der Waals surface area (Å²) < 4.78 is 0. The predicted octanol–water partition coefficient (Wildman–Crippen LogP) is 5.82. The van der Waals surface area contributed by atoms with Crippen LogP contribution in [0.25, 0.3) is 16.7 Å². The Morgan fingerprint density at radius 1 is 0.865 bits per heavy atom. The van der Waals surface area contributed by atoms with E-state index < -0.39 is 0 Å². The SMILES string of the molecule is CCCCCC(C)(C)c1cc(CCN2C(=O)c3ccccc3C2=O)c(O)c(-n2nc3ccccc3n2)c1. The van der Waals surface area contributed by atoms with E-state index in [-0.39, 0.29) is 29.5 Å². The first kappa shape index (κ1) is 24.7. The lowest BCUT2D eigenvalue weighted by Gasteiger charge is -2.27. The number of imide groups is 1. The largest absolute Gasteiger partial charge is 0.505 e. The van der Waals surface area contributed by atoms with Gasteiger partial charge < -0.3 is 5.11 Å². The van der Waals surface area contributed by atoms with Crippen molar-refractivity contribution < 1.29 is 14.7 Å². The van der Waals surface area contributed by atoms with Gasteiger partial charge in [0.05, 0.1) is 11.1 Å². The minimum atomic E-state index is -0.295. The zero-order valence-corrected chi connectivity index (χ0v) is 21.6. The second-order valence-electron chi connectivity index (χ2n) is 10.4. The minimum absolute atomic E-state index is 0.0602. The number of phenolic OH excluding ortho intramolecular Hbond substituents is 1. The molecule has 0 bridgehead atoms. The Kier molecular flexibility index (Phi) is 6.54. The van der Waals surface area contributed by atoms with Crippen LogP contribution in [0, 0.1) is 0 Å². The number of aromatic hydroxyl groups is 1. The Balaban J connectivity index is 1.51. The number of phenols is 1. The summed E-state index contributed by atoms with van der Waals surface area (Å²) in [6.45, 7) is 6.78. The van der Waals surface area contributed by atoms with E-state index in [9.17, 15) is 14.7 Å². The van der Waals surface area contributed by atoms with Crippen LogP contribution in [0.2, 0.25) is 0 Å². The maximum absolute atomic E-state index is 12.9. The number of unbranched alkanes of at least 4 members (excludes halogenated alkanes) is 2. The second-order valence-corrected chi connectivity index (χ2v) is 10.4. The highest BCUT2D eigenvalue weighted by molar-refractivity contribution is 6.21. The molecule has 37 heavy (non-hydrogen) atoms. The maximum Gasteiger partial charge on any atom is 0.261 e. The number of nitrogens with zero attached hydrogens (tertiary/aromatic N) is 4. The second kappa shape index (κ2) is 9.81. The summed E-state index contributed by atoms with van der Waals surface area (Å²) in [6.07, 6.45) is 4.73. The number of fused-ring (bicyclic) bond motifs is 2. The molecule has 0 radical (unpaired) electrons. The van der Waals surface area contributed by atoms with Crippen molar-refractivity contribution >= 4 is 22.8 Å². The van der Waals surface area contributed by atoms with Gasteiger partial charge in [-0.15, -0.1) is 15.0 Å². The van der Waals surface area contributed by atoms with Crippen molar-refractivity contribution in [3.05, 3.63) is 82.9 Å². The van der Waals surface area contributed by atoms with Gasteiger partial charge in [-0.1, -0.05) is 70.4 Å². The molecule has 2 heterocycles. The van der Waals surface area contributed by atoms with Crippen LogP contribution in [0.5, 0.6) is 5.75 Å². The molecule has 5 rings (SSSR count). The first-order chi connectivity index (χ1) is 17.8. The average molecular weight is 497 g/mol. The average Bonchev–Trinajstić information content (AvgIpc) is 3.42. The summed E-state index contributed by atoms with van der Waals surface area (Å²) in [4.78, 5) is 28.5. The van der Waals surface area contributed by atoms with Crippen molar-refractivity contribution in [1.82, 2.24) is 19.9 Å². The molecule has 190 valence electrons. The summed E-state index contributed by atoms with van der Waals surface area (Å²) in [7, 11) is 0. The summed E-state index contributed by atoms with van der Waals surface area (Å²) in [6, 6.07) is 18.4. The predicted molar refractivity (Wildman–Crippen MR) is 143 cm³/mol. The van der Waals surface area contributed by atoms with Gasteiger partial charge in [-0.3, -0.25) is 14.5 Å². The molecule has 0 spiro atoms. The fourth-order valence-corrected chi connectivity index (χ4v) is 5.01. The molecule has 1 N–H and O–H groups in total. The fraction of sp³-hybridized carbons (Fsp3) is 0.333. The van der Waals surface area contributed by atoms with Gasteiger partial charge in [0.15, 0.2) is 0 Å². The first-order valence-electron chi connectivity index (χ1n) is 12.9. The monoisotopic (exact) mass is 496 g/mol. The molecule has 4 aromatic rings. The first-order valence-corrected chi connectivity index (χ1v) is 12.9. The smallest absolute Gasteiger partial charge is 0.261 e. The summed E-state index contributed by atoms with van der Waals surface area (Å²) in [5.41, 5.74) is 4.41. The highest BCUT2D eigenvalue weighted by atomic mass is 16.3. The molecule has 0 fully saturated rings. The van der Waals surface area contributed by atoms with Crippen LogP contribution in [0.3, 0.4) is 0 Å². The van der Waals surface area contributed by atoms with E-state index in [1.165, 1.54) is 9.70 Å². The molecule has 0 saturated heterocycles. The lowest BCUT2D eigenvalue weighted by molar-refractivity contribution is 0.0655. The van der Waals surface area contributed by atoms with Crippen LogP contribution in [0.4, 0.5) is 0 Å². The molecule has 0 unspecified atom stereocenters. The molecular formula is C30H32N4O3. The van der Waals surface area contributed by atoms with Crippen LogP contribution in [0.1, 0.15) is 78.3 Å². The maximum atomic E-state index is 12.9. The fourth-order valence-electron chi connectivity index (χ4n) is 5.01. The number of amides is 2. The van der Waals surface area contributed by atoms with Gasteiger partial charge >= 0.3 is 0 Å². The van der Waals surface area contributed by atoms with Gasteiger partial charge in [-0.05, 0) is 59.7 Å². The van der Waals surface area contributed by atoms with Crippen molar-refractivity contribution in [2.45, 2.75) is 58.3 Å². The lowest BCUT2D eigenvalue weighted by atomic mass is 9.79. The zero-order chi connectivity index (χ0) is 26.2. The normalized spacial score (nSPS) is 13.5. The van der Waals surface area contributed by atoms with E-state index in [1.807, 2.05) is 36.4 Å². The van der Waals surface area contributed by atoms with Gasteiger partial charge in [0, 0.05) is 6.54 Å². The number of hydrogen-bond acceptors (Lipinski definition) is 5. The Morgan fingerprint density at radius 2 is 1.46 bits per heavy atom. The summed E-state index contributed by atoms with van der Waals surface area (Å²) in [5, 5.41) is 20.6. The molecule has 0 aliphatic carbocycles. The standard InChI is InChI=1S/C30H32N4O3/c1-4-5-10-16-30(2,3)21-18-20(15-17-33-28(36)22-11-6-7-12-23(22)29(33)37)27(35)26(19-21)34-31-24-13-8-9-14-25(24)32-34/h6-9,11-14,18-19,35H,4-5,10,15-17H2,1-3H3. The molecular weight excluding hydrogens is 464 g/mol. The number of aromatic nitrogens is 3. The Labute approximate surface area is 216 Å². The van der Waals surface area contributed by atoms with Crippen molar-refractivity contribution in [3.8, 4) is 11.4 Å². The number of hydrogen-bond donors (Lipinski definition) is 1. The molecule has 0 atom stereocenters. The van der Waals surface area contributed by atoms with Crippen LogP contribution in [-0.2, 0) is 11.8 Å². The summed E-state index contributed by atoms with van der Waals surface area (Å²) in [5.74, 6) is -0.530. The Morgan fingerprint density at radius 3 is 2.05 bits per heavy atom. The van der Waals surface area contributed by atoms with E-state index in [4.69, 9.17) is 0 Å². The zero-order valence-electron chi connectivity index (χ0n) is 21.6. The third-order valence-electron chi connectivity index (χ3n) is 7.34. The van der Waals surface area contributed by atoms with Crippen LogP contribution >= 0.6 is 0 Å². The molecule has 3 aromatic carbocycles. The number of carbonyl (C=O) groups excluding carboxylic acids is 2. The Hall–Kier alpha value is -4.00. The molecule has 0 saturated carbocycles. The molecule has 7 heteroatoms. The van der Waals surface area contributed by atoms with Gasteiger partial charge in [0.1, 0.15) is 22.5 Å². The van der Waals surface area contributed by atoms with Gasteiger partial charge in [0.2, 0.25) is 0 Å². The lowest BCUT2D eigenvalue weighted by Crippen LogP contribution is -2.31. The van der Waals surface area contributed by atoms with Crippen molar-refractivity contribution in [2.24, 2.45) is 0 Å². The van der Waals surface area contributed by atoms with Crippen molar-refractivity contribution in [2.75, 3.05) is 6.54 Å². The third kappa shape index (κ3) is 4.61. The van der Waals surface area contributed by atoms with Crippen LogP contribution in [0.15, 0.2) is 60.7 Å². The third-order valence-corrected chi connectivity index (χ3v) is 7.34. The van der Waals surface area contributed by atoms with Gasteiger partial charge in [-0.2, -0.15) is 0 Å². The van der Waals surface area contributed by atoms with E-state index in [1.54, 1.807) is 24.3 Å². The van der Waals surface area contributed by atoms with Crippen molar-refractivity contribution in [3.63, 3.8) is 0 Å². The molecule has 2 amide bonds. The van der Waals surface area contributed by atoms with Crippen molar-refractivity contribution in [1.29, 1.82) is 0 Å². The topological polar surface area (TPSA) is 88.3 Å². The molecule has 7 nitrogen and oxygen atoms in total. The summed E-state index contributed by atoms with van der Waals surface area (Å²) >= 11 is 0. The van der Waals surface area contributed by atoms with Crippen LogP contribution < -0.4 is 0 Å². The highest BCUT2D eigenvalue weighted by Gasteiger charge is 2.35. The minimum Gasteiger partial charge on any atom is -0.505 e. The van der Waals surface area contributed by atoms with Gasteiger partial charge in [-0.25, -0.2) is 0 Å².